The predicted octanol–water partition coefficient (Wildman–Crippen LogP) is 9.40. The Morgan fingerprint density at radius 3 is 1.55 bits per heavy atom. The number of pyridine rings is 4. The summed E-state index contributed by atoms with van der Waals surface area (Å²) in [7, 11) is 3.70. The van der Waals surface area contributed by atoms with Crippen LogP contribution in [0.3, 0.4) is 0 Å². The number of thiazole rings is 2. The third-order valence-electron chi connectivity index (χ3n) is 9.79. The molecule has 0 aliphatic heterocycles. The second-order valence-corrected chi connectivity index (χ2v) is 20.0. The smallest absolute Gasteiger partial charge is 0.263 e. The van der Waals surface area contributed by atoms with Gasteiger partial charge in [0.25, 0.3) is 11.8 Å². The summed E-state index contributed by atoms with van der Waals surface area (Å²) in [4.78, 5) is 52.7. The number of nitrogen functional groups attached to an aromatic ring is 1. The number of nitrogens with zero attached hydrogens (tertiary/aromatic N) is 10. The molecule has 0 saturated carbocycles. The number of aromatic nitrogens is 10. The number of carbonyl (C=O) groups is 2. The summed E-state index contributed by atoms with van der Waals surface area (Å²) in [5.41, 5.74) is 13.9. The summed E-state index contributed by atoms with van der Waals surface area (Å²) in [6, 6.07) is 15.4. The van der Waals surface area contributed by atoms with Gasteiger partial charge in [0.2, 0.25) is 0 Å². The van der Waals surface area contributed by atoms with Gasteiger partial charge in [-0.05, 0) is 61.4 Å². The Labute approximate surface area is 403 Å². The maximum Gasteiger partial charge on any atom is 0.263 e. The number of amides is 2. The van der Waals surface area contributed by atoms with E-state index < -0.39 is 0 Å². The third kappa shape index (κ3) is 14.1. The molecule has 16 nitrogen and oxygen atoms in total. The van der Waals surface area contributed by atoms with Gasteiger partial charge in [0, 0.05) is 85.3 Å². The highest BCUT2D eigenvalue weighted by molar-refractivity contribution is 7.14. The van der Waals surface area contributed by atoms with Crippen molar-refractivity contribution in [2.75, 3.05) is 11.1 Å². The quantitative estimate of drug-likeness (QED) is 0.0946. The summed E-state index contributed by atoms with van der Waals surface area (Å²) in [5, 5.41) is 19.5. The maximum absolute atomic E-state index is 12.6. The van der Waals surface area contributed by atoms with Crippen LogP contribution in [0.4, 0.5) is 17.2 Å². The Balaban J connectivity index is 0.000000195. The van der Waals surface area contributed by atoms with Gasteiger partial charge in [-0.25, -0.2) is 19.9 Å². The molecule has 67 heavy (non-hydrogen) atoms. The highest BCUT2D eigenvalue weighted by Crippen LogP contribution is 2.29. The van der Waals surface area contributed by atoms with E-state index in [1.54, 1.807) is 58.8 Å². The Hall–Kier alpha value is -6.89. The first-order valence-corrected chi connectivity index (χ1v) is 23.2. The molecule has 0 aliphatic carbocycles. The molecule has 348 valence electrons. The van der Waals surface area contributed by atoms with E-state index in [2.05, 4.69) is 92.6 Å². The van der Waals surface area contributed by atoms with E-state index in [0.717, 1.165) is 66.6 Å². The molecule has 8 rings (SSSR count). The van der Waals surface area contributed by atoms with E-state index in [9.17, 15) is 9.59 Å². The molecule has 0 aliphatic rings. The predicted molar refractivity (Wildman–Crippen MR) is 267 cm³/mol. The van der Waals surface area contributed by atoms with Crippen LogP contribution in [-0.2, 0) is 38.0 Å². The molecule has 0 bridgehead atoms. The zero-order valence-corrected chi connectivity index (χ0v) is 41.6. The second-order valence-electron chi connectivity index (χ2n) is 17.6. The highest BCUT2D eigenvalue weighted by atomic mass is 35.5. The molecular formula is C48H55ClN14O2S2. The van der Waals surface area contributed by atoms with Gasteiger partial charge >= 0.3 is 0 Å². The van der Waals surface area contributed by atoms with Crippen LogP contribution >= 0.6 is 34.3 Å². The summed E-state index contributed by atoms with van der Waals surface area (Å²) in [6.07, 6.45) is 13.7. The number of hydrogen-bond acceptors (Lipinski definition) is 14. The monoisotopic (exact) mass is 958 g/mol. The number of aryl methyl sites for hydroxylation is 4. The molecule has 2 amide bonds. The van der Waals surface area contributed by atoms with Crippen molar-refractivity contribution in [2.45, 2.75) is 79.3 Å². The van der Waals surface area contributed by atoms with Crippen molar-refractivity contribution in [1.82, 2.24) is 60.1 Å². The lowest BCUT2D eigenvalue weighted by Gasteiger charge is -2.13. The average molecular weight is 960 g/mol. The van der Waals surface area contributed by atoms with Crippen molar-refractivity contribution in [2.24, 2.45) is 14.1 Å². The summed E-state index contributed by atoms with van der Waals surface area (Å²) in [6.45, 7) is 17.2. The summed E-state index contributed by atoms with van der Waals surface area (Å²) in [5.74, 6) is 0.481. The minimum absolute atomic E-state index is 0.0601. The lowest BCUT2D eigenvalue weighted by atomic mass is 9.98. The number of rotatable bonds is 10. The van der Waals surface area contributed by atoms with E-state index >= 15 is 0 Å². The summed E-state index contributed by atoms with van der Waals surface area (Å²) < 4.78 is 3.39. The van der Waals surface area contributed by atoms with Gasteiger partial charge in [-0.2, -0.15) is 10.2 Å². The Bertz CT molecular complexity index is 2940. The van der Waals surface area contributed by atoms with Crippen LogP contribution in [0, 0.1) is 13.8 Å². The second kappa shape index (κ2) is 21.6. The maximum atomic E-state index is 12.6. The zero-order valence-electron chi connectivity index (χ0n) is 39.2. The number of nitrogens with two attached hydrogens (primary N) is 1. The minimum Gasteiger partial charge on any atom is -0.396 e. The highest BCUT2D eigenvalue weighted by Gasteiger charge is 2.22. The van der Waals surface area contributed by atoms with Crippen LogP contribution in [0.25, 0.3) is 22.5 Å². The van der Waals surface area contributed by atoms with Crippen molar-refractivity contribution in [3.8, 4) is 22.5 Å². The standard InChI is InChI=1S/C24H27N7OS.C20H21ClN4OS.C4H7N3/c1-15-17(11-26-22(32)20-13-27-23(33-20)24(2,3)4)6-7-19(29-15)16-8-9-25-21(10-16)30-18-12-28-31(5)14-18;1-12-14(5-6-15(25-12)13-7-8-22-17(21)9-13)10-23-18(26)16-11-24-19(27-16)20(2,3)4;1-7-3-4(5)2-6-7/h6-10,12-14H,11H2,1-5H3,(H,25,30)(H,26,32);5-9,11H,10H2,1-4H3,(H,23,26);2-3H,5H2,1H3. The molecule has 8 heterocycles. The topological polar surface area (TPSA) is 209 Å². The Morgan fingerprint density at radius 1 is 0.657 bits per heavy atom. The van der Waals surface area contributed by atoms with Gasteiger partial charge in [0.05, 0.1) is 57.6 Å². The molecule has 19 heteroatoms. The van der Waals surface area contributed by atoms with Crippen LogP contribution in [0.5, 0.6) is 0 Å². The molecule has 8 aromatic heterocycles. The lowest BCUT2D eigenvalue weighted by Crippen LogP contribution is -2.22. The molecule has 0 unspecified atom stereocenters. The minimum atomic E-state index is -0.119. The largest absolute Gasteiger partial charge is 0.396 e. The van der Waals surface area contributed by atoms with Crippen molar-refractivity contribution < 1.29 is 9.59 Å². The van der Waals surface area contributed by atoms with Crippen molar-refractivity contribution >= 4 is 63.3 Å². The van der Waals surface area contributed by atoms with Crippen molar-refractivity contribution in [3.05, 3.63) is 146 Å². The Morgan fingerprint density at radius 2 is 1.15 bits per heavy atom. The number of anilines is 3. The van der Waals surface area contributed by atoms with Crippen LogP contribution in [0.2, 0.25) is 5.15 Å². The van der Waals surface area contributed by atoms with Crippen molar-refractivity contribution in [1.29, 1.82) is 0 Å². The van der Waals surface area contributed by atoms with Gasteiger partial charge in [-0.3, -0.25) is 28.9 Å². The van der Waals surface area contributed by atoms with E-state index in [-0.39, 0.29) is 22.6 Å². The molecule has 0 fully saturated rings. The summed E-state index contributed by atoms with van der Waals surface area (Å²) >= 11 is 8.81. The van der Waals surface area contributed by atoms with Gasteiger partial charge < -0.3 is 21.7 Å². The molecule has 5 N–H and O–H groups in total. The van der Waals surface area contributed by atoms with Crippen LogP contribution in [0.15, 0.2) is 98.1 Å². The van der Waals surface area contributed by atoms with Gasteiger partial charge in [0.15, 0.2) is 0 Å². The van der Waals surface area contributed by atoms with E-state index in [0.29, 0.717) is 33.7 Å². The van der Waals surface area contributed by atoms with Crippen LogP contribution in [-0.4, -0.2) is 61.3 Å². The first-order valence-electron chi connectivity index (χ1n) is 21.2. The molecule has 0 radical (unpaired) electrons. The average Bonchev–Trinajstić information content (AvgIpc) is 4.12. The Kier molecular flexibility index (Phi) is 16.0. The van der Waals surface area contributed by atoms with E-state index in [1.807, 2.05) is 76.6 Å². The number of carbonyl (C=O) groups excluding carboxylic acids is 2. The first-order chi connectivity index (χ1) is 31.7. The van der Waals surface area contributed by atoms with Gasteiger partial charge in [-0.15, -0.1) is 22.7 Å². The van der Waals surface area contributed by atoms with Gasteiger partial charge in [-0.1, -0.05) is 65.3 Å². The van der Waals surface area contributed by atoms with Crippen LogP contribution < -0.4 is 21.7 Å². The van der Waals surface area contributed by atoms with Gasteiger partial charge in [0.1, 0.15) is 20.7 Å². The SMILES string of the molecule is Cc1nc(-c2ccnc(Cl)c2)ccc1CNC(=O)c1cnc(C(C)(C)C)s1.Cc1nc(-c2ccnc(Nc3cnn(C)c3)c2)ccc1CNC(=O)c1cnc(C(C)(C)C)s1.Cn1cc(N)cn1. The molecular weight excluding hydrogens is 904 g/mol. The number of hydrogen-bond donors (Lipinski definition) is 4. The van der Waals surface area contributed by atoms with Crippen molar-refractivity contribution in [3.63, 3.8) is 0 Å². The normalized spacial score (nSPS) is 11.2. The number of halogens is 1. The third-order valence-corrected chi connectivity index (χ3v) is 12.8. The van der Waals surface area contributed by atoms with E-state index in [4.69, 9.17) is 22.3 Å². The molecule has 0 atom stereocenters. The van der Waals surface area contributed by atoms with Crippen LogP contribution in [0.1, 0.15) is 93.4 Å². The molecule has 0 spiro atoms. The molecule has 0 aromatic carbocycles. The zero-order chi connectivity index (χ0) is 48.5. The number of nitrogens with one attached hydrogen (secondary N) is 3. The first kappa shape index (κ1) is 49.5. The lowest BCUT2D eigenvalue weighted by molar-refractivity contribution is 0.0946. The fourth-order valence-electron chi connectivity index (χ4n) is 6.15. The fraction of sp³-hybridized carbons (Fsp3) is 0.292. The molecule has 8 aromatic rings. The fourth-order valence-corrected chi connectivity index (χ4v) is 8.10. The molecule has 0 saturated heterocycles. The van der Waals surface area contributed by atoms with E-state index in [1.165, 1.54) is 22.7 Å².